The first-order chi connectivity index (χ1) is 7.31. The molecule has 2 nitrogen and oxygen atoms in total. The Bertz CT molecular complexity index is 463. The summed E-state index contributed by atoms with van der Waals surface area (Å²) in [7, 11) is 1.97. The van der Waals surface area contributed by atoms with Crippen LogP contribution >= 0.6 is 0 Å². The third kappa shape index (κ3) is 2.16. The SMILES string of the molecule is CNCCc1cccc2cc(C)cnc12. The summed E-state index contributed by atoms with van der Waals surface area (Å²) < 4.78 is 0. The molecule has 0 atom stereocenters. The summed E-state index contributed by atoms with van der Waals surface area (Å²) in [6.07, 6.45) is 2.97. The van der Waals surface area contributed by atoms with Gasteiger partial charge in [-0.1, -0.05) is 18.2 Å². The molecule has 0 aliphatic rings. The quantitative estimate of drug-likeness (QED) is 0.822. The van der Waals surface area contributed by atoms with Crippen LogP contribution in [-0.2, 0) is 6.42 Å². The molecule has 0 saturated heterocycles. The number of aryl methyl sites for hydroxylation is 1. The minimum absolute atomic E-state index is 0.995. The molecular formula is C13H16N2. The third-order valence-corrected chi connectivity index (χ3v) is 2.58. The van der Waals surface area contributed by atoms with Crippen molar-refractivity contribution >= 4 is 10.9 Å². The maximum absolute atomic E-state index is 4.51. The van der Waals surface area contributed by atoms with Crippen molar-refractivity contribution in [1.29, 1.82) is 0 Å². The summed E-state index contributed by atoms with van der Waals surface area (Å²) in [6.45, 7) is 3.07. The molecule has 0 unspecified atom stereocenters. The molecule has 1 aromatic carbocycles. The predicted molar refractivity (Wildman–Crippen MR) is 64.1 cm³/mol. The average Bonchev–Trinajstić information content (AvgIpc) is 2.25. The number of nitrogens with zero attached hydrogens (tertiary/aromatic N) is 1. The van der Waals surface area contributed by atoms with Gasteiger partial charge in [0.2, 0.25) is 0 Å². The van der Waals surface area contributed by atoms with Gasteiger partial charge in [0.1, 0.15) is 0 Å². The van der Waals surface area contributed by atoms with Crippen LogP contribution in [0.15, 0.2) is 30.5 Å². The van der Waals surface area contributed by atoms with Gasteiger partial charge in [0, 0.05) is 11.6 Å². The molecule has 1 aromatic heterocycles. The highest BCUT2D eigenvalue weighted by Gasteiger charge is 2.01. The number of likely N-dealkylation sites (N-methyl/N-ethyl adjacent to an activating group) is 1. The Kier molecular flexibility index (Phi) is 2.97. The van der Waals surface area contributed by atoms with Crippen LogP contribution in [0.2, 0.25) is 0 Å². The molecule has 0 aliphatic heterocycles. The number of para-hydroxylation sites is 1. The molecule has 78 valence electrons. The number of fused-ring (bicyclic) bond motifs is 1. The minimum Gasteiger partial charge on any atom is -0.319 e. The zero-order valence-electron chi connectivity index (χ0n) is 9.25. The Balaban J connectivity index is 2.46. The van der Waals surface area contributed by atoms with Crippen LogP contribution in [0.3, 0.4) is 0 Å². The Morgan fingerprint density at radius 1 is 1.33 bits per heavy atom. The zero-order valence-corrected chi connectivity index (χ0v) is 9.25. The predicted octanol–water partition coefficient (Wildman–Crippen LogP) is 2.31. The van der Waals surface area contributed by atoms with Crippen LogP contribution in [0.1, 0.15) is 11.1 Å². The normalized spacial score (nSPS) is 10.8. The summed E-state index contributed by atoms with van der Waals surface area (Å²) >= 11 is 0. The van der Waals surface area contributed by atoms with Gasteiger partial charge >= 0.3 is 0 Å². The van der Waals surface area contributed by atoms with E-state index in [1.165, 1.54) is 16.5 Å². The maximum Gasteiger partial charge on any atom is 0.0734 e. The summed E-state index contributed by atoms with van der Waals surface area (Å²) in [4.78, 5) is 4.51. The molecule has 2 heteroatoms. The first kappa shape index (κ1) is 10.1. The molecule has 0 radical (unpaired) electrons. The lowest BCUT2D eigenvalue weighted by Gasteiger charge is -2.05. The smallest absolute Gasteiger partial charge is 0.0734 e. The van der Waals surface area contributed by atoms with E-state index in [0.29, 0.717) is 0 Å². The molecule has 0 bridgehead atoms. The minimum atomic E-state index is 0.995. The lowest BCUT2D eigenvalue weighted by molar-refractivity contribution is 0.794. The Morgan fingerprint density at radius 3 is 3.00 bits per heavy atom. The van der Waals surface area contributed by atoms with Gasteiger partial charge in [-0.15, -0.1) is 0 Å². The number of rotatable bonds is 3. The number of aromatic nitrogens is 1. The second-order valence-corrected chi connectivity index (χ2v) is 3.86. The van der Waals surface area contributed by atoms with Gasteiger partial charge < -0.3 is 5.32 Å². The molecule has 0 fully saturated rings. The standard InChI is InChI=1S/C13H16N2/c1-10-8-12-5-3-4-11(6-7-14-2)13(12)15-9-10/h3-5,8-9,14H,6-7H2,1-2H3. The molecular weight excluding hydrogens is 184 g/mol. The van der Waals surface area contributed by atoms with E-state index >= 15 is 0 Å². The molecule has 0 spiro atoms. The highest BCUT2D eigenvalue weighted by atomic mass is 14.8. The molecule has 2 aromatic rings. The Labute approximate surface area is 90.3 Å². The summed E-state index contributed by atoms with van der Waals surface area (Å²) in [5, 5.41) is 4.40. The van der Waals surface area contributed by atoms with Crippen LogP contribution in [0.4, 0.5) is 0 Å². The van der Waals surface area contributed by atoms with Gasteiger partial charge in [-0.25, -0.2) is 0 Å². The van der Waals surface area contributed by atoms with E-state index in [-0.39, 0.29) is 0 Å². The molecule has 0 aliphatic carbocycles. The van der Waals surface area contributed by atoms with Crippen LogP contribution < -0.4 is 5.32 Å². The van der Waals surface area contributed by atoms with Crippen LogP contribution in [0.25, 0.3) is 10.9 Å². The summed E-state index contributed by atoms with van der Waals surface area (Å²) in [6, 6.07) is 8.57. The largest absolute Gasteiger partial charge is 0.319 e. The Hall–Kier alpha value is -1.41. The summed E-state index contributed by atoms with van der Waals surface area (Å²) in [5.41, 5.74) is 3.67. The lowest BCUT2D eigenvalue weighted by Crippen LogP contribution is -2.10. The fourth-order valence-corrected chi connectivity index (χ4v) is 1.80. The third-order valence-electron chi connectivity index (χ3n) is 2.58. The van der Waals surface area contributed by atoms with E-state index in [2.05, 4.69) is 41.5 Å². The number of benzene rings is 1. The van der Waals surface area contributed by atoms with Crippen molar-refractivity contribution in [3.63, 3.8) is 0 Å². The van der Waals surface area contributed by atoms with E-state index in [0.717, 1.165) is 18.5 Å². The highest BCUT2D eigenvalue weighted by Crippen LogP contribution is 2.17. The van der Waals surface area contributed by atoms with Gasteiger partial charge in [0.15, 0.2) is 0 Å². The second kappa shape index (κ2) is 4.41. The van der Waals surface area contributed by atoms with Crippen molar-refractivity contribution < 1.29 is 0 Å². The van der Waals surface area contributed by atoms with Gasteiger partial charge in [-0.3, -0.25) is 4.98 Å². The maximum atomic E-state index is 4.51. The molecule has 0 saturated carbocycles. The fraction of sp³-hybridized carbons (Fsp3) is 0.308. The average molecular weight is 200 g/mol. The summed E-state index contributed by atoms with van der Waals surface area (Å²) in [5.74, 6) is 0. The number of hydrogen-bond acceptors (Lipinski definition) is 2. The van der Waals surface area contributed by atoms with Crippen LogP contribution in [0.5, 0.6) is 0 Å². The van der Waals surface area contributed by atoms with Gasteiger partial charge in [0.05, 0.1) is 5.52 Å². The number of hydrogen-bond donors (Lipinski definition) is 1. The number of pyridine rings is 1. The van der Waals surface area contributed by atoms with Crippen molar-refractivity contribution in [3.05, 3.63) is 41.6 Å². The fourth-order valence-electron chi connectivity index (χ4n) is 1.80. The lowest BCUT2D eigenvalue weighted by atomic mass is 10.1. The van der Waals surface area contributed by atoms with Crippen LogP contribution in [0, 0.1) is 6.92 Å². The molecule has 1 heterocycles. The first-order valence-corrected chi connectivity index (χ1v) is 5.30. The van der Waals surface area contributed by atoms with E-state index in [1.54, 1.807) is 0 Å². The van der Waals surface area contributed by atoms with E-state index in [9.17, 15) is 0 Å². The van der Waals surface area contributed by atoms with Gasteiger partial charge in [-0.2, -0.15) is 0 Å². The monoisotopic (exact) mass is 200 g/mol. The van der Waals surface area contributed by atoms with Crippen molar-refractivity contribution in [2.75, 3.05) is 13.6 Å². The van der Waals surface area contributed by atoms with Gasteiger partial charge in [0.25, 0.3) is 0 Å². The van der Waals surface area contributed by atoms with Crippen LogP contribution in [-0.4, -0.2) is 18.6 Å². The van der Waals surface area contributed by atoms with E-state index < -0.39 is 0 Å². The van der Waals surface area contributed by atoms with Gasteiger partial charge in [-0.05, 0) is 44.1 Å². The van der Waals surface area contributed by atoms with E-state index in [1.807, 2.05) is 13.2 Å². The van der Waals surface area contributed by atoms with Crippen molar-refractivity contribution in [1.82, 2.24) is 10.3 Å². The Morgan fingerprint density at radius 2 is 2.20 bits per heavy atom. The second-order valence-electron chi connectivity index (χ2n) is 3.86. The highest BCUT2D eigenvalue weighted by molar-refractivity contribution is 5.82. The zero-order chi connectivity index (χ0) is 10.7. The topological polar surface area (TPSA) is 24.9 Å². The van der Waals surface area contributed by atoms with Crippen molar-refractivity contribution in [2.45, 2.75) is 13.3 Å². The molecule has 15 heavy (non-hydrogen) atoms. The molecule has 2 rings (SSSR count). The van der Waals surface area contributed by atoms with Crippen molar-refractivity contribution in [3.8, 4) is 0 Å². The van der Waals surface area contributed by atoms with Crippen molar-refractivity contribution in [2.24, 2.45) is 0 Å². The molecule has 1 N–H and O–H groups in total. The number of nitrogens with one attached hydrogen (secondary N) is 1. The van der Waals surface area contributed by atoms with E-state index in [4.69, 9.17) is 0 Å². The first-order valence-electron chi connectivity index (χ1n) is 5.30. The molecule has 0 amide bonds.